The Bertz CT molecular complexity index is 1040. The second-order valence-corrected chi connectivity index (χ2v) is 5.52. The Morgan fingerprint density at radius 3 is 2.62 bits per heavy atom. The number of imidazole rings is 1. The first-order valence-corrected chi connectivity index (χ1v) is 7.78. The number of aliphatic hydroxyl groups excluding tert-OH is 1. The van der Waals surface area contributed by atoms with E-state index in [1.807, 2.05) is 42.5 Å². The van der Waals surface area contributed by atoms with Gasteiger partial charge in [-0.15, -0.1) is 0 Å². The van der Waals surface area contributed by atoms with Crippen molar-refractivity contribution in [2.45, 2.75) is 6.92 Å². The molecule has 0 aliphatic heterocycles. The number of ether oxygens (including phenoxy) is 1. The van der Waals surface area contributed by atoms with E-state index in [0.29, 0.717) is 16.8 Å². The number of fused-ring (bicyclic) bond motifs is 1. The van der Waals surface area contributed by atoms with Gasteiger partial charge in [0.05, 0.1) is 7.11 Å². The Morgan fingerprint density at radius 1 is 1.27 bits per heavy atom. The van der Waals surface area contributed by atoms with E-state index >= 15 is 0 Å². The van der Waals surface area contributed by atoms with Crippen molar-refractivity contribution >= 4 is 22.9 Å². The van der Waals surface area contributed by atoms with E-state index < -0.39 is 5.91 Å². The van der Waals surface area contributed by atoms with Crippen molar-refractivity contribution in [2.24, 2.45) is 0 Å². The van der Waals surface area contributed by atoms with Gasteiger partial charge < -0.3 is 14.8 Å². The molecule has 1 amide bonds. The average molecular weight is 348 g/mol. The first-order valence-electron chi connectivity index (χ1n) is 7.78. The molecule has 0 saturated heterocycles. The zero-order chi connectivity index (χ0) is 18.7. The molecular weight excluding hydrogens is 332 g/mol. The molecule has 0 bridgehead atoms. The van der Waals surface area contributed by atoms with Gasteiger partial charge in [0.15, 0.2) is 5.57 Å². The molecule has 0 atom stereocenters. The van der Waals surface area contributed by atoms with Gasteiger partial charge in [-0.1, -0.05) is 30.3 Å². The maximum atomic E-state index is 12.1. The molecule has 1 heterocycles. The fraction of sp³-hybridized carbons (Fsp3) is 0.105. The molecule has 0 spiro atoms. The number of aromatic nitrogens is 2. The zero-order valence-corrected chi connectivity index (χ0v) is 14.2. The number of benzene rings is 2. The number of amides is 1. The lowest BCUT2D eigenvalue weighted by Gasteiger charge is -2.05. The molecule has 26 heavy (non-hydrogen) atoms. The van der Waals surface area contributed by atoms with Crippen LogP contribution in [-0.4, -0.2) is 28.1 Å². The molecular formula is C19H16N4O3. The summed E-state index contributed by atoms with van der Waals surface area (Å²) in [6.07, 6.45) is 0. The number of H-pyrrole nitrogens is 1. The monoisotopic (exact) mass is 348 g/mol. The largest absolute Gasteiger partial charge is 0.511 e. The summed E-state index contributed by atoms with van der Waals surface area (Å²) in [5.41, 5.74) is 2.70. The minimum absolute atomic E-state index is 0.153. The number of hydrogen-bond donors (Lipinski definition) is 3. The minimum Gasteiger partial charge on any atom is -0.511 e. The highest BCUT2D eigenvalue weighted by atomic mass is 16.5. The Kier molecular flexibility index (Phi) is 4.58. The maximum absolute atomic E-state index is 12.1. The van der Waals surface area contributed by atoms with Crippen molar-refractivity contribution in [2.75, 3.05) is 12.4 Å². The van der Waals surface area contributed by atoms with Crippen molar-refractivity contribution in [3.8, 4) is 22.9 Å². The fourth-order valence-corrected chi connectivity index (χ4v) is 2.61. The number of carbonyl (C=O) groups is 1. The number of nitrogens with zero attached hydrogens (tertiary/aromatic N) is 2. The van der Waals surface area contributed by atoms with Crippen LogP contribution < -0.4 is 10.1 Å². The third-order valence-corrected chi connectivity index (χ3v) is 3.84. The molecule has 7 nitrogen and oxygen atoms in total. The number of carbonyl (C=O) groups excluding carboxylic acids is 1. The maximum Gasteiger partial charge on any atom is 0.272 e. The number of rotatable bonds is 4. The highest BCUT2D eigenvalue weighted by molar-refractivity contribution is 6.07. The molecule has 0 aliphatic rings. The summed E-state index contributed by atoms with van der Waals surface area (Å²) in [7, 11) is 1.54. The zero-order valence-electron chi connectivity index (χ0n) is 14.2. The van der Waals surface area contributed by atoms with Crippen LogP contribution in [-0.2, 0) is 4.79 Å². The molecule has 0 saturated carbocycles. The first-order chi connectivity index (χ1) is 12.5. The van der Waals surface area contributed by atoms with E-state index in [1.54, 1.807) is 13.2 Å². The predicted molar refractivity (Wildman–Crippen MR) is 97.7 cm³/mol. The Balaban J connectivity index is 2.09. The molecule has 0 unspecified atom stereocenters. The second-order valence-electron chi connectivity index (χ2n) is 5.52. The standard InChI is InChI=1S/C19H16N4O3/c1-11(24)14(10-20)18(25)23-19-21-16-13(12-6-4-3-5-7-12)8-9-15(26-2)17(16)22-19/h3-9,24H,1-2H3,(H2,21,22,23,25)/b14-11-. The van der Waals surface area contributed by atoms with Crippen molar-refractivity contribution in [3.05, 3.63) is 53.8 Å². The van der Waals surface area contributed by atoms with Crippen LogP contribution in [0.1, 0.15) is 6.92 Å². The summed E-state index contributed by atoms with van der Waals surface area (Å²) in [6, 6.07) is 15.1. The van der Waals surface area contributed by atoms with Gasteiger partial charge in [-0.25, -0.2) is 4.98 Å². The number of nitrogens with one attached hydrogen (secondary N) is 2. The molecule has 130 valence electrons. The van der Waals surface area contributed by atoms with Gasteiger partial charge in [-0.3, -0.25) is 10.1 Å². The van der Waals surface area contributed by atoms with Crippen LogP contribution >= 0.6 is 0 Å². The van der Waals surface area contributed by atoms with Crippen LogP contribution in [0.25, 0.3) is 22.2 Å². The summed E-state index contributed by atoms with van der Waals surface area (Å²) in [4.78, 5) is 19.6. The highest BCUT2D eigenvalue weighted by Gasteiger charge is 2.17. The molecule has 3 rings (SSSR count). The van der Waals surface area contributed by atoms with Crippen molar-refractivity contribution < 1.29 is 14.6 Å². The number of nitriles is 1. The number of methoxy groups -OCH3 is 1. The van der Waals surface area contributed by atoms with E-state index in [4.69, 9.17) is 10.00 Å². The fourth-order valence-electron chi connectivity index (χ4n) is 2.61. The quantitative estimate of drug-likeness (QED) is 0.379. The Hall–Kier alpha value is -3.79. The Labute approximate surface area is 149 Å². The third kappa shape index (κ3) is 3.08. The average Bonchev–Trinajstić information content (AvgIpc) is 3.05. The van der Waals surface area contributed by atoms with Crippen LogP contribution in [0.3, 0.4) is 0 Å². The van der Waals surface area contributed by atoms with Gasteiger partial charge >= 0.3 is 0 Å². The van der Waals surface area contributed by atoms with E-state index in [9.17, 15) is 9.90 Å². The van der Waals surface area contributed by atoms with Crippen LogP contribution in [0.15, 0.2) is 53.8 Å². The van der Waals surface area contributed by atoms with Gasteiger partial charge in [0, 0.05) is 5.56 Å². The summed E-state index contributed by atoms with van der Waals surface area (Å²) in [5.74, 6) is -0.377. The van der Waals surface area contributed by atoms with Gasteiger partial charge in [-0.05, 0) is 24.6 Å². The molecule has 0 radical (unpaired) electrons. The number of anilines is 1. The minimum atomic E-state index is -0.744. The van der Waals surface area contributed by atoms with Gasteiger partial charge in [0.2, 0.25) is 5.95 Å². The lowest BCUT2D eigenvalue weighted by molar-refractivity contribution is -0.112. The third-order valence-electron chi connectivity index (χ3n) is 3.84. The molecule has 0 fully saturated rings. The van der Waals surface area contributed by atoms with Crippen LogP contribution in [0.5, 0.6) is 5.75 Å². The smallest absolute Gasteiger partial charge is 0.272 e. The Morgan fingerprint density at radius 2 is 2.00 bits per heavy atom. The van der Waals surface area contributed by atoms with Crippen LogP contribution in [0, 0.1) is 11.3 Å². The predicted octanol–water partition coefficient (Wildman–Crippen LogP) is 3.53. The van der Waals surface area contributed by atoms with E-state index in [-0.39, 0.29) is 17.3 Å². The summed E-state index contributed by atoms with van der Waals surface area (Å²) >= 11 is 0. The molecule has 3 N–H and O–H groups in total. The SMILES string of the molecule is COc1ccc(-c2ccccc2)c2nc(NC(=O)/C(C#N)=C(/C)O)[nH]c12. The van der Waals surface area contributed by atoms with Gasteiger partial charge in [0.25, 0.3) is 5.91 Å². The van der Waals surface area contributed by atoms with Crippen molar-refractivity contribution in [1.29, 1.82) is 5.26 Å². The lowest BCUT2D eigenvalue weighted by atomic mass is 10.0. The summed E-state index contributed by atoms with van der Waals surface area (Å²) in [6.45, 7) is 1.27. The normalized spacial score (nSPS) is 11.6. The lowest BCUT2D eigenvalue weighted by Crippen LogP contribution is -2.15. The summed E-state index contributed by atoms with van der Waals surface area (Å²) < 4.78 is 5.36. The first kappa shape index (κ1) is 17.0. The molecule has 1 aromatic heterocycles. The number of aliphatic hydroxyl groups is 1. The van der Waals surface area contributed by atoms with Crippen LogP contribution in [0.4, 0.5) is 5.95 Å². The highest BCUT2D eigenvalue weighted by Crippen LogP contribution is 2.33. The van der Waals surface area contributed by atoms with Gasteiger partial charge in [0.1, 0.15) is 28.6 Å². The van der Waals surface area contributed by atoms with Gasteiger partial charge in [-0.2, -0.15) is 5.26 Å². The van der Waals surface area contributed by atoms with Crippen molar-refractivity contribution in [1.82, 2.24) is 9.97 Å². The van der Waals surface area contributed by atoms with Crippen LogP contribution in [0.2, 0.25) is 0 Å². The van der Waals surface area contributed by atoms with Crippen molar-refractivity contribution in [3.63, 3.8) is 0 Å². The number of allylic oxidation sites excluding steroid dienone is 1. The second kappa shape index (κ2) is 6.99. The molecule has 2 aromatic carbocycles. The van der Waals surface area contributed by atoms with E-state index in [1.165, 1.54) is 6.92 Å². The van der Waals surface area contributed by atoms with E-state index in [0.717, 1.165) is 11.1 Å². The number of hydrogen-bond acceptors (Lipinski definition) is 5. The molecule has 3 aromatic rings. The van der Waals surface area contributed by atoms with E-state index in [2.05, 4.69) is 15.3 Å². The summed E-state index contributed by atoms with van der Waals surface area (Å²) in [5, 5.41) is 20.9. The number of aromatic amines is 1. The molecule has 7 heteroatoms. The molecule has 0 aliphatic carbocycles. The topological polar surface area (TPSA) is 111 Å².